The molecule has 1 aromatic carbocycles. The summed E-state index contributed by atoms with van der Waals surface area (Å²) in [5, 5.41) is 9.04. The molecule has 0 unspecified atom stereocenters. The fraction of sp³-hybridized carbons (Fsp3) is 0.476. The highest BCUT2D eigenvalue weighted by Crippen LogP contribution is 2.32. The number of benzene rings is 1. The summed E-state index contributed by atoms with van der Waals surface area (Å²) >= 11 is 0. The standard InChI is InChI=1S/C21H26N6/c1-25-20(14-26-10-8-22-15-26)23-24-21(25)18-7-4-9-27(13-18)19-11-16-5-2-3-6-17(16)12-19/h2-3,5-6,8,10,15,18-19H,4,7,9,11-14H2,1H3/t18-/m1/s1. The molecule has 140 valence electrons. The third-order valence-electron chi connectivity index (χ3n) is 6.25. The quantitative estimate of drug-likeness (QED) is 0.715. The van der Waals surface area contributed by atoms with Crippen molar-refractivity contribution >= 4 is 0 Å². The predicted octanol–water partition coefficient (Wildman–Crippen LogP) is 2.41. The van der Waals surface area contributed by atoms with Crippen molar-refractivity contribution in [3.63, 3.8) is 0 Å². The van der Waals surface area contributed by atoms with Crippen LogP contribution in [-0.4, -0.2) is 48.3 Å². The number of rotatable bonds is 4. The fourth-order valence-electron chi connectivity index (χ4n) is 4.75. The zero-order valence-electron chi connectivity index (χ0n) is 15.8. The van der Waals surface area contributed by atoms with E-state index in [0.29, 0.717) is 12.0 Å². The first-order chi connectivity index (χ1) is 13.3. The van der Waals surface area contributed by atoms with Crippen LogP contribution in [0.25, 0.3) is 0 Å². The van der Waals surface area contributed by atoms with E-state index in [0.717, 1.165) is 24.7 Å². The summed E-state index contributed by atoms with van der Waals surface area (Å²) < 4.78 is 4.23. The lowest BCUT2D eigenvalue weighted by Crippen LogP contribution is -2.43. The molecule has 6 nitrogen and oxygen atoms in total. The smallest absolute Gasteiger partial charge is 0.152 e. The number of likely N-dealkylation sites (tertiary alicyclic amines) is 1. The lowest BCUT2D eigenvalue weighted by molar-refractivity contribution is 0.148. The van der Waals surface area contributed by atoms with Crippen LogP contribution in [0.2, 0.25) is 0 Å². The summed E-state index contributed by atoms with van der Waals surface area (Å²) in [5.41, 5.74) is 3.07. The Morgan fingerprint density at radius 1 is 1.11 bits per heavy atom. The van der Waals surface area contributed by atoms with E-state index in [9.17, 15) is 0 Å². The number of fused-ring (bicyclic) bond motifs is 1. The van der Waals surface area contributed by atoms with Gasteiger partial charge in [0.25, 0.3) is 0 Å². The van der Waals surface area contributed by atoms with E-state index in [2.05, 4.69) is 56.0 Å². The van der Waals surface area contributed by atoms with Crippen LogP contribution in [0, 0.1) is 0 Å². The minimum absolute atomic E-state index is 0.469. The number of piperidine rings is 1. The van der Waals surface area contributed by atoms with Crippen molar-refractivity contribution < 1.29 is 0 Å². The molecule has 0 radical (unpaired) electrons. The lowest BCUT2D eigenvalue weighted by atomic mass is 9.95. The Bertz CT molecular complexity index is 888. The van der Waals surface area contributed by atoms with Gasteiger partial charge in [-0.1, -0.05) is 24.3 Å². The van der Waals surface area contributed by atoms with Gasteiger partial charge in [0.05, 0.1) is 12.9 Å². The molecule has 1 aliphatic heterocycles. The molecular formula is C21H26N6. The van der Waals surface area contributed by atoms with Crippen molar-refractivity contribution in [3.8, 4) is 0 Å². The molecule has 3 aromatic rings. The molecule has 0 saturated carbocycles. The van der Waals surface area contributed by atoms with Crippen molar-refractivity contribution in [1.29, 1.82) is 0 Å². The number of hydrogen-bond donors (Lipinski definition) is 0. The summed E-state index contributed by atoms with van der Waals surface area (Å²) in [4.78, 5) is 6.81. The molecule has 1 atom stereocenters. The molecule has 1 fully saturated rings. The summed E-state index contributed by atoms with van der Waals surface area (Å²) in [6.45, 7) is 3.02. The number of imidazole rings is 1. The van der Waals surface area contributed by atoms with E-state index in [-0.39, 0.29) is 0 Å². The van der Waals surface area contributed by atoms with Crippen LogP contribution in [0.15, 0.2) is 43.0 Å². The zero-order valence-corrected chi connectivity index (χ0v) is 15.8. The molecule has 5 rings (SSSR count). The molecule has 6 heteroatoms. The van der Waals surface area contributed by atoms with Crippen molar-refractivity contribution in [2.75, 3.05) is 13.1 Å². The van der Waals surface area contributed by atoms with Crippen LogP contribution < -0.4 is 0 Å². The maximum absolute atomic E-state index is 4.57. The Kier molecular flexibility index (Phi) is 4.28. The minimum Gasteiger partial charge on any atom is -0.330 e. The Balaban J connectivity index is 1.30. The topological polar surface area (TPSA) is 51.8 Å². The van der Waals surface area contributed by atoms with Gasteiger partial charge in [-0.05, 0) is 43.4 Å². The monoisotopic (exact) mass is 362 g/mol. The molecule has 2 aliphatic rings. The van der Waals surface area contributed by atoms with Gasteiger partial charge in [-0.2, -0.15) is 0 Å². The van der Waals surface area contributed by atoms with Gasteiger partial charge in [0.15, 0.2) is 5.82 Å². The molecule has 27 heavy (non-hydrogen) atoms. The molecule has 0 bridgehead atoms. The Labute approximate surface area is 159 Å². The Hall–Kier alpha value is -2.47. The third-order valence-corrected chi connectivity index (χ3v) is 6.25. The highest BCUT2D eigenvalue weighted by atomic mass is 15.3. The normalized spacial score (nSPS) is 20.9. The number of aromatic nitrogens is 5. The van der Waals surface area contributed by atoms with Crippen LogP contribution in [0.5, 0.6) is 0 Å². The van der Waals surface area contributed by atoms with Crippen LogP contribution in [0.4, 0.5) is 0 Å². The van der Waals surface area contributed by atoms with Gasteiger partial charge in [0, 0.05) is 37.9 Å². The van der Waals surface area contributed by atoms with Gasteiger partial charge in [0.1, 0.15) is 5.82 Å². The van der Waals surface area contributed by atoms with Crippen LogP contribution in [0.3, 0.4) is 0 Å². The molecule has 2 aromatic heterocycles. The van der Waals surface area contributed by atoms with E-state index in [1.54, 1.807) is 6.20 Å². The highest BCUT2D eigenvalue weighted by Gasteiger charge is 2.32. The average molecular weight is 362 g/mol. The molecule has 0 N–H and O–H groups in total. The fourth-order valence-corrected chi connectivity index (χ4v) is 4.75. The molecule has 1 aliphatic carbocycles. The van der Waals surface area contributed by atoms with Gasteiger partial charge in [-0.3, -0.25) is 4.90 Å². The van der Waals surface area contributed by atoms with Crippen molar-refractivity contribution in [2.24, 2.45) is 7.05 Å². The van der Waals surface area contributed by atoms with Crippen molar-refractivity contribution in [1.82, 2.24) is 29.2 Å². The van der Waals surface area contributed by atoms with E-state index in [1.807, 2.05) is 17.1 Å². The minimum atomic E-state index is 0.469. The Morgan fingerprint density at radius 2 is 1.93 bits per heavy atom. The summed E-state index contributed by atoms with van der Waals surface area (Å²) in [5.74, 6) is 2.59. The lowest BCUT2D eigenvalue weighted by Gasteiger charge is -2.36. The average Bonchev–Trinajstić information content (AvgIpc) is 3.43. The van der Waals surface area contributed by atoms with Crippen LogP contribution in [0.1, 0.15) is 41.5 Å². The van der Waals surface area contributed by atoms with E-state index >= 15 is 0 Å². The van der Waals surface area contributed by atoms with Gasteiger partial charge in [-0.15, -0.1) is 10.2 Å². The summed E-state index contributed by atoms with van der Waals surface area (Å²) in [6, 6.07) is 9.57. The van der Waals surface area contributed by atoms with Gasteiger partial charge in [0.2, 0.25) is 0 Å². The maximum atomic E-state index is 4.57. The molecular weight excluding hydrogens is 336 g/mol. The zero-order chi connectivity index (χ0) is 18.2. The maximum Gasteiger partial charge on any atom is 0.152 e. The number of hydrogen-bond acceptors (Lipinski definition) is 4. The van der Waals surface area contributed by atoms with Crippen molar-refractivity contribution in [3.05, 3.63) is 65.8 Å². The molecule has 0 spiro atoms. The van der Waals surface area contributed by atoms with Gasteiger partial charge >= 0.3 is 0 Å². The van der Waals surface area contributed by atoms with Crippen LogP contribution >= 0.6 is 0 Å². The predicted molar refractivity (Wildman–Crippen MR) is 104 cm³/mol. The summed E-state index contributed by atoms with van der Waals surface area (Å²) in [6.07, 6.45) is 10.4. The molecule has 0 amide bonds. The largest absolute Gasteiger partial charge is 0.330 e. The third kappa shape index (κ3) is 3.18. The van der Waals surface area contributed by atoms with E-state index < -0.39 is 0 Å². The van der Waals surface area contributed by atoms with Gasteiger partial charge in [-0.25, -0.2) is 4.98 Å². The second kappa shape index (κ2) is 6.93. The second-order valence-electron chi connectivity index (χ2n) is 7.93. The second-order valence-corrected chi connectivity index (χ2v) is 7.93. The first-order valence-electron chi connectivity index (χ1n) is 9.92. The van der Waals surface area contributed by atoms with Crippen LogP contribution in [-0.2, 0) is 26.4 Å². The first kappa shape index (κ1) is 16.7. The first-order valence-corrected chi connectivity index (χ1v) is 9.92. The number of nitrogens with zero attached hydrogens (tertiary/aromatic N) is 6. The highest BCUT2D eigenvalue weighted by molar-refractivity contribution is 5.33. The van der Waals surface area contributed by atoms with E-state index in [4.69, 9.17) is 0 Å². The van der Waals surface area contributed by atoms with Crippen molar-refractivity contribution in [2.45, 2.75) is 44.2 Å². The van der Waals surface area contributed by atoms with E-state index in [1.165, 1.54) is 43.4 Å². The molecule has 1 saturated heterocycles. The Morgan fingerprint density at radius 3 is 2.67 bits per heavy atom. The molecule has 3 heterocycles. The summed E-state index contributed by atoms with van der Waals surface area (Å²) in [7, 11) is 2.10. The SMILES string of the molecule is Cn1c(Cn2ccnc2)nnc1[C@@H]1CCCN(C2Cc3ccccc3C2)C1. The van der Waals surface area contributed by atoms with Gasteiger partial charge < -0.3 is 9.13 Å².